The molecule has 0 heterocycles. The number of hydrogen-bond acceptors (Lipinski definition) is 3. The monoisotopic (exact) mass is 289 g/mol. The second kappa shape index (κ2) is 6.83. The molecule has 1 aromatic carbocycles. The molecule has 1 amide bonds. The third-order valence-corrected chi connectivity index (χ3v) is 4.43. The molecule has 116 valence electrons. The van der Waals surface area contributed by atoms with Crippen molar-refractivity contribution in [3.05, 3.63) is 23.8 Å². The van der Waals surface area contributed by atoms with Crippen molar-refractivity contribution in [3.8, 4) is 0 Å². The molecule has 0 radical (unpaired) electrons. The molecule has 1 aliphatic carbocycles. The standard InChI is InChI=1S/C17H27N3O/c1-4-12-6-5-7-14(10-12)19-16-11-13(8-9-15(16)18)17(21)20(2)3/h8-9,11-12,14,19H,4-7,10,18H2,1-3H3. The molecule has 2 unspecified atom stereocenters. The lowest BCUT2D eigenvalue weighted by Crippen LogP contribution is -2.28. The van der Waals surface area contributed by atoms with Gasteiger partial charge in [-0.05, 0) is 37.0 Å². The van der Waals surface area contributed by atoms with E-state index in [-0.39, 0.29) is 5.91 Å². The zero-order valence-electron chi connectivity index (χ0n) is 13.4. The molecule has 0 spiro atoms. The molecule has 1 fully saturated rings. The molecule has 4 nitrogen and oxygen atoms in total. The van der Waals surface area contributed by atoms with Crippen LogP contribution in [0, 0.1) is 5.92 Å². The molecule has 21 heavy (non-hydrogen) atoms. The van der Waals surface area contributed by atoms with Crippen LogP contribution in [0.2, 0.25) is 0 Å². The van der Waals surface area contributed by atoms with Gasteiger partial charge in [0.2, 0.25) is 0 Å². The number of rotatable bonds is 4. The first-order valence-electron chi connectivity index (χ1n) is 7.89. The van der Waals surface area contributed by atoms with Gasteiger partial charge in [-0.1, -0.05) is 26.2 Å². The Labute approximate surface area is 127 Å². The molecule has 1 saturated carbocycles. The van der Waals surface area contributed by atoms with Crippen LogP contribution in [0.3, 0.4) is 0 Å². The summed E-state index contributed by atoms with van der Waals surface area (Å²) in [6, 6.07) is 5.96. The van der Waals surface area contributed by atoms with E-state index in [0.717, 1.165) is 11.6 Å². The van der Waals surface area contributed by atoms with Crippen molar-refractivity contribution < 1.29 is 4.79 Å². The maximum absolute atomic E-state index is 12.1. The largest absolute Gasteiger partial charge is 0.397 e. The molecule has 0 aliphatic heterocycles. The Hall–Kier alpha value is -1.71. The van der Waals surface area contributed by atoms with Gasteiger partial charge in [0.05, 0.1) is 11.4 Å². The van der Waals surface area contributed by atoms with Gasteiger partial charge in [0.25, 0.3) is 5.91 Å². The second-order valence-corrected chi connectivity index (χ2v) is 6.28. The maximum Gasteiger partial charge on any atom is 0.253 e. The van der Waals surface area contributed by atoms with Crippen molar-refractivity contribution in [2.75, 3.05) is 25.1 Å². The average molecular weight is 289 g/mol. The van der Waals surface area contributed by atoms with Crippen LogP contribution in [0.1, 0.15) is 49.4 Å². The smallest absolute Gasteiger partial charge is 0.253 e. The fourth-order valence-electron chi connectivity index (χ4n) is 3.09. The summed E-state index contributed by atoms with van der Waals surface area (Å²) in [5, 5.41) is 3.55. The maximum atomic E-state index is 12.1. The highest BCUT2D eigenvalue weighted by Crippen LogP contribution is 2.30. The van der Waals surface area contributed by atoms with Gasteiger partial charge in [0.1, 0.15) is 0 Å². The van der Waals surface area contributed by atoms with E-state index in [2.05, 4.69) is 12.2 Å². The highest BCUT2D eigenvalue weighted by Gasteiger charge is 2.21. The minimum absolute atomic E-state index is 0.00753. The zero-order chi connectivity index (χ0) is 15.4. The van der Waals surface area contributed by atoms with Crippen LogP contribution < -0.4 is 11.1 Å². The molecule has 2 atom stereocenters. The van der Waals surface area contributed by atoms with Gasteiger partial charge >= 0.3 is 0 Å². The highest BCUT2D eigenvalue weighted by molar-refractivity contribution is 5.95. The number of nitrogens with zero attached hydrogens (tertiary/aromatic N) is 1. The van der Waals surface area contributed by atoms with Crippen molar-refractivity contribution in [3.63, 3.8) is 0 Å². The van der Waals surface area contributed by atoms with Gasteiger partial charge in [-0.15, -0.1) is 0 Å². The summed E-state index contributed by atoms with van der Waals surface area (Å²) in [6.45, 7) is 2.26. The number of carbonyl (C=O) groups is 1. The van der Waals surface area contributed by atoms with Gasteiger partial charge in [0.15, 0.2) is 0 Å². The third kappa shape index (κ3) is 3.90. The molecular weight excluding hydrogens is 262 g/mol. The molecule has 2 rings (SSSR count). The van der Waals surface area contributed by atoms with Gasteiger partial charge in [-0.2, -0.15) is 0 Å². The van der Waals surface area contributed by atoms with Gasteiger partial charge in [-0.3, -0.25) is 4.79 Å². The number of nitrogens with one attached hydrogen (secondary N) is 1. The first-order chi connectivity index (χ1) is 10.0. The van der Waals surface area contributed by atoms with Crippen LogP contribution in [0.25, 0.3) is 0 Å². The first kappa shape index (κ1) is 15.7. The average Bonchev–Trinajstić information content (AvgIpc) is 2.49. The SMILES string of the molecule is CCC1CCCC(Nc2cc(C(=O)N(C)C)ccc2N)C1. The Morgan fingerprint density at radius 2 is 2.14 bits per heavy atom. The molecule has 3 N–H and O–H groups in total. The van der Waals surface area contributed by atoms with Crippen LogP contribution in [0.15, 0.2) is 18.2 Å². The molecule has 4 heteroatoms. The Bertz CT molecular complexity index is 499. The fourth-order valence-corrected chi connectivity index (χ4v) is 3.09. The van der Waals surface area contributed by atoms with Crippen molar-refractivity contribution in [2.24, 2.45) is 5.92 Å². The lowest BCUT2D eigenvalue weighted by atomic mass is 9.84. The number of hydrogen-bond donors (Lipinski definition) is 2. The molecule has 1 aromatic rings. The second-order valence-electron chi connectivity index (χ2n) is 6.28. The van der Waals surface area contributed by atoms with E-state index in [1.165, 1.54) is 32.1 Å². The Kier molecular flexibility index (Phi) is 5.10. The molecule has 0 bridgehead atoms. The van der Waals surface area contributed by atoms with Crippen molar-refractivity contribution >= 4 is 17.3 Å². The summed E-state index contributed by atoms with van der Waals surface area (Å²) in [7, 11) is 3.53. The predicted molar refractivity (Wildman–Crippen MR) is 88.5 cm³/mol. The molecule has 1 aliphatic rings. The summed E-state index contributed by atoms with van der Waals surface area (Å²) in [6.07, 6.45) is 6.23. The predicted octanol–water partition coefficient (Wildman–Crippen LogP) is 3.35. The Morgan fingerprint density at radius 3 is 2.81 bits per heavy atom. The normalized spacial score (nSPS) is 21.9. The Balaban J connectivity index is 2.12. The fraction of sp³-hybridized carbons (Fsp3) is 0.588. The van der Waals surface area contributed by atoms with Crippen molar-refractivity contribution in [1.82, 2.24) is 4.90 Å². The quantitative estimate of drug-likeness (QED) is 0.836. The minimum Gasteiger partial charge on any atom is -0.397 e. The topological polar surface area (TPSA) is 58.4 Å². The van der Waals surface area contributed by atoms with E-state index in [9.17, 15) is 4.79 Å². The van der Waals surface area contributed by atoms with Gasteiger partial charge in [-0.25, -0.2) is 0 Å². The summed E-state index contributed by atoms with van der Waals surface area (Å²) >= 11 is 0. The lowest BCUT2D eigenvalue weighted by Gasteiger charge is -2.30. The van der Waals surface area contributed by atoms with Gasteiger partial charge < -0.3 is 16.0 Å². The summed E-state index contributed by atoms with van der Waals surface area (Å²) in [4.78, 5) is 13.6. The van der Waals surface area contributed by atoms with Crippen LogP contribution in [-0.4, -0.2) is 30.9 Å². The van der Waals surface area contributed by atoms with Crippen LogP contribution in [-0.2, 0) is 0 Å². The molecular formula is C17H27N3O. The summed E-state index contributed by atoms with van der Waals surface area (Å²) < 4.78 is 0. The number of carbonyl (C=O) groups excluding carboxylic acids is 1. The van der Waals surface area contributed by atoms with Crippen molar-refractivity contribution in [2.45, 2.75) is 45.1 Å². The van der Waals surface area contributed by atoms with E-state index >= 15 is 0 Å². The number of amides is 1. The Morgan fingerprint density at radius 1 is 1.38 bits per heavy atom. The molecule has 0 aromatic heterocycles. The number of nitrogens with two attached hydrogens (primary N) is 1. The van der Waals surface area contributed by atoms with Crippen LogP contribution in [0.4, 0.5) is 11.4 Å². The number of anilines is 2. The highest BCUT2D eigenvalue weighted by atomic mass is 16.2. The number of benzene rings is 1. The number of nitrogen functional groups attached to an aromatic ring is 1. The van der Waals surface area contributed by atoms with E-state index in [0.29, 0.717) is 17.3 Å². The first-order valence-corrected chi connectivity index (χ1v) is 7.89. The zero-order valence-corrected chi connectivity index (χ0v) is 13.4. The van der Waals surface area contributed by atoms with Crippen LogP contribution in [0.5, 0.6) is 0 Å². The van der Waals surface area contributed by atoms with E-state index in [1.54, 1.807) is 25.1 Å². The van der Waals surface area contributed by atoms with E-state index < -0.39 is 0 Å². The van der Waals surface area contributed by atoms with E-state index in [4.69, 9.17) is 5.73 Å². The minimum atomic E-state index is 0.00753. The third-order valence-electron chi connectivity index (χ3n) is 4.43. The lowest BCUT2D eigenvalue weighted by molar-refractivity contribution is 0.0827. The summed E-state index contributed by atoms with van der Waals surface area (Å²) in [5.74, 6) is 0.817. The van der Waals surface area contributed by atoms with Crippen molar-refractivity contribution in [1.29, 1.82) is 0 Å². The van der Waals surface area contributed by atoms with Crippen LogP contribution >= 0.6 is 0 Å². The molecule has 0 saturated heterocycles. The summed E-state index contributed by atoms with van der Waals surface area (Å²) in [5.41, 5.74) is 8.35. The van der Waals surface area contributed by atoms with Gasteiger partial charge in [0, 0.05) is 25.7 Å². The van der Waals surface area contributed by atoms with E-state index in [1.807, 2.05) is 12.1 Å².